The summed E-state index contributed by atoms with van der Waals surface area (Å²) in [6.45, 7) is 8.21. The predicted molar refractivity (Wildman–Crippen MR) is 72.0 cm³/mol. The Balaban J connectivity index is 2.83. The van der Waals surface area contributed by atoms with E-state index in [0.29, 0.717) is 6.54 Å². The molecule has 0 spiro atoms. The summed E-state index contributed by atoms with van der Waals surface area (Å²) < 4.78 is 0. The third kappa shape index (κ3) is 3.30. The molecule has 0 atom stereocenters. The molecule has 0 saturated carbocycles. The van der Waals surface area contributed by atoms with E-state index < -0.39 is 5.41 Å². The molecular weight excluding hydrogens is 212 g/mol. The van der Waals surface area contributed by atoms with Crippen molar-refractivity contribution in [2.45, 2.75) is 34.1 Å². The third-order valence-electron chi connectivity index (χ3n) is 3.11. The lowest BCUT2D eigenvalue weighted by Crippen LogP contribution is -2.37. The van der Waals surface area contributed by atoms with Crippen molar-refractivity contribution in [3.05, 3.63) is 29.3 Å². The van der Waals surface area contributed by atoms with Crippen molar-refractivity contribution in [1.29, 1.82) is 0 Å². The maximum Gasteiger partial charge on any atom is 0.231 e. The van der Waals surface area contributed by atoms with Crippen LogP contribution in [0.4, 0.5) is 5.69 Å². The lowest BCUT2D eigenvalue weighted by Gasteiger charge is -2.21. The Kier molecular flexibility index (Phi) is 4.29. The first kappa shape index (κ1) is 13.7. The molecule has 0 heterocycles. The van der Waals surface area contributed by atoms with Gasteiger partial charge in [0.15, 0.2) is 0 Å². The highest BCUT2D eigenvalue weighted by atomic mass is 16.2. The van der Waals surface area contributed by atoms with Crippen LogP contribution in [0.25, 0.3) is 0 Å². The van der Waals surface area contributed by atoms with Gasteiger partial charge in [0, 0.05) is 12.2 Å². The zero-order chi connectivity index (χ0) is 13.1. The maximum atomic E-state index is 11.9. The van der Waals surface area contributed by atoms with Gasteiger partial charge in [-0.1, -0.05) is 13.0 Å². The van der Waals surface area contributed by atoms with Crippen LogP contribution in [0, 0.1) is 12.3 Å². The number of hydrogen-bond donors (Lipinski definition) is 2. The fourth-order valence-corrected chi connectivity index (χ4v) is 1.56. The molecular formula is C14H22N2O. The molecule has 0 aliphatic rings. The molecule has 0 radical (unpaired) electrons. The Bertz CT molecular complexity index is 411. The van der Waals surface area contributed by atoms with E-state index in [4.69, 9.17) is 5.73 Å². The van der Waals surface area contributed by atoms with Crippen molar-refractivity contribution in [1.82, 2.24) is 0 Å². The second-order valence-corrected chi connectivity index (χ2v) is 5.04. The number of benzene rings is 1. The van der Waals surface area contributed by atoms with Gasteiger partial charge in [-0.15, -0.1) is 0 Å². The van der Waals surface area contributed by atoms with Crippen LogP contribution in [0.3, 0.4) is 0 Å². The van der Waals surface area contributed by atoms with Crippen molar-refractivity contribution in [3.63, 3.8) is 0 Å². The molecule has 94 valence electrons. The molecule has 1 rings (SSSR count). The van der Waals surface area contributed by atoms with E-state index in [-0.39, 0.29) is 5.91 Å². The average Bonchev–Trinajstić information content (AvgIpc) is 2.29. The van der Waals surface area contributed by atoms with E-state index in [2.05, 4.69) is 25.2 Å². The Labute approximate surface area is 103 Å². The molecule has 0 aliphatic heterocycles. The SMILES string of the molecule is CCc1ccc(NC(=O)C(C)(C)CN)cc1C. The van der Waals surface area contributed by atoms with Gasteiger partial charge in [0.2, 0.25) is 5.91 Å². The van der Waals surface area contributed by atoms with E-state index in [0.717, 1.165) is 12.1 Å². The summed E-state index contributed by atoms with van der Waals surface area (Å²) in [6.07, 6.45) is 1.01. The Morgan fingerprint density at radius 2 is 2.06 bits per heavy atom. The Morgan fingerprint density at radius 1 is 1.41 bits per heavy atom. The zero-order valence-corrected chi connectivity index (χ0v) is 11.1. The first-order valence-electron chi connectivity index (χ1n) is 6.01. The first-order valence-corrected chi connectivity index (χ1v) is 6.01. The van der Waals surface area contributed by atoms with Gasteiger partial charge >= 0.3 is 0 Å². The number of carbonyl (C=O) groups excluding carboxylic acids is 1. The van der Waals surface area contributed by atoms with E-state index in [1.54, 1.807) is 0 Å². The van der Waals surface area contributed by atoms with Gasteiger partial charge in [0.1, 0.15) is 0 Å². The van der Waals surface area contributed by atoms with Gasteiger partial charge < -0.3 is 11.1 Å². The number of aryl methyl sites for hydroxylation is 2. The Hall–Kier alpha value is -1.35. The maximum absolute atomic E-state index is 11.9. The molecule has 3 heteroatoms. The average molecular weight is 234 g/mol. The minimum absolute atomic E-state index is 0.0383. The summed E-state index contributed by atoms with van der Waals surface area (Å²) in [6, 6.07) is 6.00. The Morgan fingerprint density at radius 3 is 2.53 bits per heavy atom. The molecule has 1 aromatic carbocycles. The van der Waals surface area contributed by atoms with Crippen LogP contribution in [-0.2, 0) is 11.2 Å². The highest BCUT2D eigenvalue weighted by Crippen LogP contribution is 2.19. The standard InChI is InChI=1S/C14H22N2O/c1-5-11-6-7-12(8-10(11)2)16-13(17)14(3,4)9-15/h6-8H,5,9,15H2,1-4H3,(H,16,17). The van der Waals surface area contributed by atoms with Crippen LogP contribution in [-0.4, -0.2) is 12.5 Å². The second-order valence-electron chi connectivity index (χ2n) is 5.04. The van der Waals surface area contributed by atoms with Crippen molar-refractivity contribution in [3.8, 4) is 0 Å². The molecule has 1 aromatic rings. The summed E-state index contributed by atoms with van der Waals surface area (Å²) in [5, 5.41) is 2.91. The summed E-state index contributed by atoms with van der Waals surface area (Å²) in [4.78, 5) is 11.9. The number of nitrogens with one attached hydrogen (secondary N) is 1. The summed E-state index contributed by atoms with van der Waals surface area (Å²) in [5.41, 5.74) is 8.40. The number of hydrogen-bond acceptors (Lipinski definition) is 2. The van der Waals surface area contributed by atoms with Gasteiger partial charge in [-0.3, -0.25) is 4.79 Å². The van der Waals surface area contributed by atoms with E-state index in [9.17, 15) is 4.79 Å². The minimum atomic E-state index is -0.530. The zero-order valence-electron chi connectivity index (χ0n) is 11.1. The lowest BCUT2D eigenvalue weighted by molar-refractivity contribution is -0.123. The number of anilines is 1. The molecule has 0 saturated heterocycles. The van der Waals surface area contributed by atoms with Crippen LogP contribution in [0.2, 0.25) is 0 Å². The van der Waals surface area contributed by atoms with Crippen molar-refractivity contribution in [2.24, 2.45) is 11.1 Å². The number of nitrogens with two attached hydrogens (primary N) is 1. The first-order chi connectivity index (χ1) is 7.90. The highest BCUT2D eigenvalue weighted by Gasteiger charge is 2.25. The molecule has 1 amide bonds. The highest BCUT2D eigenvalue weighted by molar-refractivity contribution is 5.95. The molecule has 0 unspecified atom stereocenters. The summed E-state index contributed by atoms with van der Waals surface area (Å²) in [5.74, 6) is -0.0383. The summed E-state index contributed by atoms with van der Waals surface area (Å²) in [7, 11) is 0. The van der Waals surface area contributed by atoms with Gasteiger partial charge in [-0.05, 0) is 50.5 Å². The van der Waals surface area contributed by atoms with Crippen molar-refractivity contribution >= 4 is 11.6 Å². The predicted octanol–water partition coefficient (Wildman–Crippen LogP) is 2.48. The molecule has 17 heavy (non-hydrogen) atoms. The summed E-state index contributed by atoms with van der Waals surface area (Å²) >= 11 is 0. The quantitative estimate of drug-likeness (QED) is 0.841. The van der Waals surface area contributed by atoms with Crippen molar-refractivity contribution in [2.75, 3.05) is 11.9 Å². The lowest BCUT2D eigenvalue weighted by atomic mass is 9.92. The van der Waals surface area contributed by atoms with E-state index in [1.165, 1.54) is 11.1 Å². The van der Waals surface area contributed by atoms with Crippen molar-refractivity contribution < 1.29 is 4.79 Å². The van der Waals surface area contributed by atoms with E-state index in [1.807, 2.05) is 26.0 Å². The fourth-order valence-electron chi connectivity index (χ4n) is 1.56. The fraction of sp³-hybridized carbons (Fsp3) is 0.500. The molecule has 3 nitrogen and oxygen atoms in total. The number of carbonyl (C=O) groups is 1. The molecule has 3 N–H and O–H groups in total. The minimum Gasteiger partial charge on any atom is -0.329 e. The monoisotopic (exact) mass is 234 g/mol. The van der Waals surface area contributed by atoms with Crippen LogP contribution < -0.4 is 11.1 Å². The smallest absolute Gasteiger partial charge is 0.231 e. The molecule has 0 aromatic heterocycles. The van der Waals surface area contributed by atoms with Crippen LogP contribution >= 0.6 is 0 Å². The number of rotatable bonds is 4. The van der Waals surface area contributed by atoms with Gasteiger partial charge in [0.05, 0.1) is 5.41 Å². The van der Waals surface area contributed by atoms with Gasteiger partial charge in [-0.2, -0.15) is 0 Å². The number of amides is 1. The second kappa shape index (κ2) is 5.32. The topological polar surface area (TPSA) is 55.1 Å². The normalized spacial score (nSPS) is 11.4. The van der Waals surface area contributed by atoms with Gasteiger partial charge in [0.25, 0.3) is 0 Å². The third-order valence-corrected chi connectivity index (χ3v) is 3.11. The molecule has 0 aliphatic carbocycles. The molecule has 0 fully saturated rings. The van der Waals surface area contributed by atoms with E-state index >= 15 is 0 Å². The molecule has 0 bridgehead atoms. The van der Waals surface area contributed by atoms with Crippen LogP contribution in [0.5, 0.6) is 0 Å². The van der Waals surface area contributed by atoms with Gasteiger partial charge in [-0.25, -0.2) is 0 Å². The van der Waals surface area contributed by atoms with Crippen LogP contribution in [0.1, 0.15) is 31.9 Å². The van der Waals surface area contributed by atoms with Crippen LogP contribution in [0.15, 0.2) is 18.2 Å². The largest absolute Gasteiger partial charge is 0.329 e.